The van der Waals surface area contributed by atoms with Gasteiger partial charge in [-0.3, -0.25) is 42.1 Å². The van der Waals surface area contributed by atoms with E-state index in [0.717, 1.165) is 38.8 Å². The summed E-state index contributed by atoms with van der Waals surface area (Å²) in [5.41, 5.74) is 4.21. The van der Waals surface area contributed by atoms with Gasteiger partial charge in [0.25, 0.3) is 0 Å². The van der Waals surface area contributed by atoms with Crippen molar-refractivity contribution >= 4 is 90.7 Å². The number of rotatable bonds is 25. The van der Waals surface area contributed by atoms with Gasteiger partial charge in [-0.2, -0.15) is 4.31 Å². The minimum absolute atomic E-state index is 0.0193. The Morgan fingerprint density at radius 2 is 1.65 bits per heavy atom. The van der Waals surface area contributed by atoms with Crippen molar-refractivity contribution in [3.63, 3.8) is 0 Å². The van der Waals surface area contributed by atoms with E-state index >= 15 is 0 Å². The highest BCUT2D eigenvalue weighted by molar-refractivity contribution is 8.82. The Morgan fingerprint density at radius 3 is 2.32 bits per heavy atom. The molecule has 338 valence electrons. The summed E-state index contributed by atoms with van der Waals surface area (Å²) in [7, 11) is -14.5. The molecule has 27 nitrogen and oxygen atoms in total. The molecular weight excluding hydrogens is 909 g/mol. The monoisotopic (exact) mass is 954 g/mol. The van der Waals surface area contributed by atoms with E-state index in [1.54, 1.807) is 0 Å². The first-order chi connectivity index (χ1) is 27.8. The smallest absolute Gasteiger partial charge is 0.386 e. The van der Waals surface area contributed by atoms with Crippen LogP contribution in [0.4, 0.5) is 5.82 Å². The summed E-state index contributed by atoms with van der Waals surface area (Å²) < 4.78 is 62.1. The number of nitrogens with one attached hydrogen (secondary N) is 3. The summed E-state index contributed by atoms with van der Waals surface area (Å²) in [5.74, 6) is -1.86. The van der Waals surface area contributed by atoms with Crippen LogP contribution in [-0.4, -0.2) is 141 Å². The lowest BCUT2D eigenvalue weighted by atomic mass is 9.87. The molecule has 2 aromatic rings. The summed E-state index contributed by atoms with van der Waals surface area (Å²) in [4.78, 5) is 110. The van der Waals surface area contributed by atoms with Crippen molar-refractivity contribution in [2.45, 2.75) is 70.7 Å². The van der Waals surface area contributed by atoms with E-state index in [9.17, 15) is 67.5 Å². The molecule has 0 saturated carbocycles. The molecule has 0 radical (unpaired) electrons. The van der Waals surface area contributed by atoms with Crippen molar-refractivity contribution in [2.75, 3.05) is 44.3 Å². The number of amides is 3. The van der Waals surface area contributed by atoms with Gasteiger partial charge >= 0.3 is 23.5 Å². The summed E-state index contributed by atoms with van der Waals surface area (Å²) in [6.45, 7) is 1.74. The van der Waals surface area contributed by atoms with Crippen LogP contribution in [0, 0.1) is 5.41 Å². The van der Waals surface area contributed by atoms with E-state index in [0.29, 0.717) is 5.75 Å². The van der Waals surface area contributed by atoms with Crippen LogP contribution in [0.5, 0.6) is 0 Å². The van der Waals surface area contributed by atoms with Gasteiger partial charge < -0.3 is 56.2 Å². The molecule has 7 atom stereocenters. The number of anilines is 1. The number of phosphoric acid groups is 3. The number of phosphoric ester groups is 3. The van der Waals surface area contributed by atoms with E-state index in [-0.39, 0.29) is 72.7 Å². The number of aliphatic hydroxyl groups excluding tert-OH is 2. The predicted octanol–water partition coefficient (Wildman–Crippen LogP) is -1.20. The van der Waals surface area contributed by atoms with Crippen LogP contribution in [0.3, 0.4) is 0 Å². The number of nitrogens with zero attached hydrogens (tertiary/aromatic N) is 4. The quantitative estimate of drug-likeness (QED) is 0.0242. The van der Waals surface area contributed by atoms with Crippen molar-refractivity contribution in [1.29, 1.82) is 0 Å². The second kappa shape index (κ2) is 22.4. The fraction of sp³-hybridized carbons (Fsp3) is 0.643. The summed E-state index contributed by atoms with van der Waals surface area (Å²) in [5, 5.41) is 28.4. The number of carbonyl (C=O) groups is 5. The lowest BCUT2D eigenvalue weighted by Gasteiger charge is -2.30. The first-order valence-electron chi connectivity index (χ1n) is 17.3. The van der Waals surface area contributed by atoms with Gasteiger partial charge in [0.1, 0.15) is 42.0 Å². The van der Waals surface area contributed by atoms with Gasteiger partial charge in [0.15, 0.2) is 17.7 Å². The Balaban J connectivity index is 1.42. The molecule has 3 rings (SSSR count). The first-order valence-corrected chi connectivity index (χ1v) is 24.1. The Bertz CT molecular complexity index is 2010. The molecular formula is C28H45N8O19P3S2. The third-order valence-electron chi connectivity index (χ3n) is 7.86. The van der Waals surface area contributed by atoms with Crippen LogP contribution in [0.25, 0.3) is 11.2 Å². The number of Topliss-reactive ketones (excluding diaryl/α,β-unsaturated/α-hetero) is 1. The minimum atomic E-state index is -5.59. The molecule has 32 heteroatoms. The molecule has 2 unspecified atom stereocenters. The molecule has 0 aliphatic carbocycles. The number of ether oxygens (including phenoxy) is 1. The molecule has 1 saturated heterocycles. The average molecular weight is 955 g/mol. The molecule has 3 heterocycles. The average Bonchev–Trinajstić information content (AvgIpc) is 3.69. The second-order valence-electron chi connectivity index (χ2n) is 13.3. The first kappa shape index (κ1) is 51.4. The van der Waals surface area contributed by atoms with Crippen molar-refractivity contribution in [3.05, 3.63) is 12.7 Å². The largest absolute Gasteiger partial charge is 0.481 e. The van der Waals surface area contributed by atoms with Crippen molar-refractivity contribution in [1.82, 2.24) is 35.5 Å². The maximum absolute atomic E-state index is 12.7. The van der Waals surface area contributed by atoms with Gasteiger partial charge in [0.05, 0.1) is 26.0 Å². The number of aliphatic hydroxyl groups is 2. The second-order valence-corrected chi connectivity index (χ2v) is 20.0. The molecule has 1 aliphatic rings. The van der Waals surface area contributed by atoms with Crippen LogP contribution >= 0.6 is 45.1 Å². The lowest BCUT2D eigenvalue weighted by molar-refractivity contribution is -0.137. The molecule has 2 aromatic heterocycles. The van der Waals surface area contributed by atoms with Gasteiger partial charge in [-0.25, -0.2) is 28.6 Å². The summed E-state index contributed by atoms with van der Waals surface area (Å²) in [6.07, 6.45) is -7.35. The summed E-state index contributed by atoms with van der Waals surface area (Å²) >= 11 is 0. The van der Waals surface area contributed by atoms with Crippen LogP contribution in [0.15, 0.2) is 12.7 Å². The highest BCUT2D eigenvalue weighted by Crippen LogP contribution is 2.61. The Labute approximate surface area is 348 Å². The van der Waals surface area contributed by atoms with Gasteiger partial charge in [0.2, 0.25) is 22.8 Å². The molecule has 1 aliphatic heterocycles. The Morgan fingerprint density at radius 1 is 0.983 bits per heavy atom. The van der Waals surface area contributed by atoms with Crippen LogP contribution in [0.1, 0.15) is 46.3 Å². The lowest BCUT2D eigenvalue weighted by Crippen LogP contribution is -2.46. The fourth-order valence-corrected chi connectivity index (χ4v) is 9.46. The van der Waals surface area contributed by atoms with Crippen molar-refractivity contribution < 1.29 is 90.1 Å². The van der Waals surface area contributed by atoms with E-state index in [2.05, 4.69) is 39.7 Å². The number of nitrogen functional groups attached to an aromatic ring is 1. The number of ketones is 1. The number of nitrogens with two attached hydrogens (primary N) is 1. The maximum Gasteiger partial charge on any atom is 0.481 e. The van der Waals surface area contributed by atoms with Crippen LogP contribution < -0.4 is 21.7 Å². The number of carbonyl (C=O) groups excluding carboxylic acids is 5. The molecule has 0 bridgehead atoms. The zero-order chi connectivity index (χ0) is 45.1. The fourth-order valence-electron chi connectivity index (χ4n) is 4.94. The SMILES string of the molecule is CC(=O)NCCC(=O)CC(=O)SSCCNC(=O)CCNC(=O)[C@H](O)C(C)(C)COP(=O)(O)OP(=O)(O)OC[C@H]1O[C@@H](n2cnc3c(N)ncnc32)[C@H](O)[C@@H]1OP(=O)(O)O. The summed E-state index contributed by atoms with van der Waals surface area (Å²) in [6, 6.07) is 0. The molecule has 3 amide bonds. The van der Waals surface area contributed by atoms with Crippen LogP contribution in [0.2, 0.25) is 0 Å². The third-order valence-corrected chi connectivity index (χ3v) is 13.2. The number of hydrogen-bond acceptors (Lipinski definition) is 21. The van der Waals surface area contributed by atoms with E-state index in [1.165, 1.54) is 20.8 Å². The predicted molar refractivity (Wildman–Crippen MR) is 208 cm³/mol. The van der Waals surface area contributed by atoms with Gasteiger partial charge in [0, 0.05) is 50.6 Å². The molecule has 1 fully saturated rings. The third kappa shape index (κ3) is 16.7. The molecule has 0 spiro atoms. The number of imidazole rings is 1. The van der Waals surface area contributed by atoms with Crippen LogP contribution in [-0.2, 0) is 60.3 Å². The maximum atomic E-state index is 12.7. The Kier molecular flexibility index (Phi) is 19.2. The van der Waals surface area contributed by atoms with E-state index < -0.39 is 84.6 Å². The van der Waals surface area contributed by atoms with Gasteiger partial charge in [-0.05, 0) is 10.8 Å². The zero-order valence-corrected chi connectivity index (χ0v) is 36.2. The number of fused-ring (bicyclic) bond motifs is 1. The molecule has 60 heavy (non-hydrogen) atoms. The highest BCUT2D eigenvalue weighted by atomic mass is 33.1. The van der Waals surface area contributed by atoms with Crippen molar-refractivity contribution in [3.8, 4) is 0 Å². The molecule has 11 N–H and O–H groups in total. The highest BCUT2D eigenvalue weighted by Gasteiger charge is 2.50. The number of aromatic nitrogens is 4. The topological polar surface area (TPSA) is 410 Å². The van der Waals surface area contributed by atoms with Crippen molar-refractivity contribution in [2.24, 2.45) is 5.41 Å². The van der Waals surface area contributed by atoms with Gasteiger partial charge in [-0.15, -0.1) is 0 Å². The van der Waals surface area contributed by atoms with Gasteiger partial charge in [-0.1, -0.05) is 24.6 Å². The van der Waals surface area contributed by atoms with E-state index in [4.69, 9.17) is 19.5 Å². The normalized spacial score (nSPS) is 20.8. The Hall–Kier alpha value is -2.95. The zero-order valence-electron chi connectivity index (χ0n) is 31.9. The van der Waals surface area contributed by atoms with E-state index in [1.807, 2.05) is 0 Å². The standard InChI is InChI=1S/C28H45N8O19P3S2/c1-15(37)30-6-4-16(38)10-19(40)60-59-9-8-31-18(39)5-7-32-26(43)23(42)28(2,3)12-52-58(49,50)55-57(47,48)51-11-17-22(54-56(44,45)46)21(41)27(53-17)36-14-35-20-24(29)33-13-34-25(20)36/h13-14,17,21-23,27,41-42H,4-12H2,1-3H3,(H,30,37)(H,31,39)(H,32,43)(H,47,48)(H,49,50)(H2,29,33,34)(H2,44,45,46)/t17-,21-,22-,23+,27-/m1/s1. The number of hydrogen-bond donors (Lipinski definition) is 10. The minimum Gasteiger partial charge on any atom is -0.386 e. The molecule has 0 aromatic carbocycles.